The van der Waals surface area contributed by atoms with Gasteiger partial charge in [-0.2, -0.15) is 0 Å². The van der Waals surface area contributed by atoms with E-state index in [9.17, 15) is 0 Å². The maximum atomic E-state index is 7.90. The maximum absolute atomic E-state index is 7.90. The van der Waals surface area contributed by atoms with Crippen LogP contribution < -0.4 is 4.90 Å². The van der Waals surface area contributed by atoms with Crippen LogP contribution in [0, 0.1) is 5.92 Å². The van der Waals surface area contributed by atoms with E-state index in [4.69, 9.17) is 4.11 Å². The summed E-state index contributed by atoms with van der Waals surface area (Å²) in [7, 11) is 0. The average Bonchev–Trinajstić information content (AvgIpc) is 2.31. The van der Waals surface area contributed by atoms with Crippen molar-refractivity contribution in [3.63, 3.8) is 0 Å². The van der Waals surface area contributed by atoms with Gasteiger partial charge in [-0.1, -0.05) is 13.0 Å². The molecule has 14 heavy (non-hydrogen) atoms. The third-order valence-electron chi connectivity index (χ3n) is 2.50. The van der Waals surface area contributed by atoms with Crippen molar-refractivity contribution in [2.24, 2.45) is 5.92 Å². The number of hydrogen-bond acceptors (Lipinski definition) is 2. The fourth-order valence-electron chi connectivity index (χ4n) is 1.82. The van der Waals surface area contributed by atoms with Gasteiger partial charge in [-0.15, -0.1) is 0 Å². The number of rotatable bonds is 1. The van der Waals surface area contributed by atoms with Gasteiger partial charge in [0.2, 0.25) is 0 Å². The molecule has 0 saturated carbocycles. The Morgan fingerprint density at radius 1 is 1.64 bits per heavy atom. The molecule has 1 aromatic heterocycles. The molecule has 0 amide bonds. The molecule has 0 bridgehead atoms. The number of piperidine rings is 1. The Labute approximate surface area is 97.7 Å². The van der Waals surface area contributed by atoms with Crippen molar-refractivity contribution in [2.45, 2.75) is 19.8 Å². The van der Waals surface area contributed by atoms with Crippen molar-refractivity contribution in [1.29, 1.82) is 0 Å². The molecular formula is C11H15BrN2. The molecule has 1 aromatic rings. The lowest BCUT2D eigenvalue weighted by molar-refractivity contribution is 0.444. The second-order valence-corrected chi connectivity index (χ2v) is 4.55. The highest BCUT2D eigenvalue weighted by molar-refractivity contribution is 9.10. The first kappa shape index (κ1) is 6.83. The fraction of sp³-hybridized carbons (Fsp3) is 0.545. The first-order chi connectivity index (χ1) is 8.00. The maximum Gasteiger partial charge on any atom is 0.129 e. The number of pyridine rings is 1. The Morgan fingerprint density at radius 2 is 2.50 bits per heavy atom. The molecule has 1 fully saturated rings. The summed E-state index contributed by atoms with van der Waals surface area (Å²) in [5, 5.41) is 0. The Morgan fingerprint density at radius 3 is 3.29 bits per heavy atom. The second kappa shape index (κ2) is 4.30. The van der Waals surface area contributed by atoms with Crippen LogP contribution in [0.4, 0.5) is 5.82 Å². The lowest BCUT2D eigenvalue weighted by Crippen LogP contribution is -2.34. The van der Waals surface area contributed by atoms with Crippen LogP contribution in [0.1, 0.15) is 23.9 Å². The molecule has 0 aromatic carbocycles. The third kappa shape index (κ3) is 2.27. The third-order valence-corrected chi connectivity index (χ3v) is 2.88. The van der Waals surface area contributed by atoms with E-state index in [1.165, 1.54) is 6.42 Å². The Balaban J connectivity index is 2.38. The van der Waals surface area contributed by atoms with Crippen LogP contribution in [0.5, 0.6) is 0 Å². The van der Waals surface area contributed by atoms with Crippen LogP contribution >= 0.6 is 15.9 Å². The van der Waals surface area contributed by atoms with Gasteiger partial charge < -0.3 is 4.90 Å². The molecule has 1 atom stereocenters. The van der Waals surface area contributed by atoms with Crippen LogP contribution in [-0.2, 0) is 0 Å². The second-order valence-electron chi connectivity index (χ2n) is 3.79. The molecule has 0 spiro atoms. The van der Waals surface area contributed by atoms with Gasteiger partial charge >= 0.3 is 0 Å². The van der Waals surface area contributed by atoms with Gasteiger partial charge in [-0.25, -0.2) is 4.98 Å². The Kier molecular flexibility index (Phi) is 2.10. The molecule has 0 radical (unpaired) electrons. The molecule has 3 heteroatoms. The lowest BCUT2D eigenvalue weighted by Gasteiger charge is -2.31. The molecule has 0 N–H and O–H groups in total. The average molecular weight is 258 g/mol. The minimum absolute atomic E-state index is 0.0104. The van der Waals surface area contributed by atoms with Crippen LogP contribution in [-0.4, -0.2) is 18.1 Å². The normalized spacial score (nSPS) is 25.4. The molecule has 2 nitrogen and oxygen atoms in total. The summed E-state index contributed by atoms with van der Waals surface area (Å²) in [6.45, 7) is 3.94. The van der Waals surface area contributed by atoms with Crippen LogP contribution in [0.25, 0.3) is 0 Å². The van der Waals surface area contributed by atoms with Gasteiger partial charge in [0.15, 0.2) is 0 Å². The van der Waals surface area contributed by atoms with E-state index in [2.05, 4.69) is 32.7 Å². The number of nitrogens with zero attached hydrogens (tertiary/aromatic N) is 2. The van der Waals surface area contributed by atoms with E-state index in [0.29, 0.717) is 16.3 Å². The zero-order valence-electron chi connectivity index (χ0n) is 11.2. The molecule has 1 unspecified atom stereocenters. The van der Waals surface area contributed by atoms with E-state index in [0.717, 1.165) is 19.5 Å². The summed E-state index contributed by atoms with van der Waals surface area (Å²) in [6.07, 6.45) is 2.30. The van der Waals surface area contributed by atoms with E-state index < -0.39 is 0 Å². The molecule has 2 heterocycles. The van der Waals surface area contributed by atoms with Crippen molar-refractivity contribution in [3.05, 3.63) is 22.7 Å². The zero-order valence-corrected chi connectivity index (χ0v) is 9.76. The molecule has 0 aliphatic carbocycles. The van der Waals surface area contributed by atoms with Crippen molar-refractivity contribution in [2.75, 3.05) is 18.0 Å². The van der Waals surface area contributed by atoms with Gasteiger partial charge in [0.05, 0.1) is 4.11 Å². The standard InChI is InChI=1S/C11H15BrN2/c1-9-4-3-7-14(8-9)11-6-2-5-10(12)13-11/h2,5-6,9H,3-4,7-8H2,1H3/i2D,5D,6D. The highest BCUT2D eigenvalue weighted by atomic mass is 79.9. The number of halogens is 1. The minimum Gasteiger partial charge on any atom is -0.356 e. The Hall–Kier alpha value is -0.570. The van der Waals surface area contributed by atoms with Crippen LogP contribution in [0.15, 0.2) is 22.7 Å². The molecule has 1 saturated heterocycles. The minimum atomic E-state index is -0.0555. The largest absolute Gasteiger partial charge is 0.356 e. The summed E-state index contributed by atoms with van der Waals surface area (Å²) in [5.41, 5.74) is 0. The first-order valence-corrected chi connectivity index (χ1v) is 5.68. The highest BCUT2D eigenvalue weighted by Crippen LogP contribution is 2.22. The number of hydrogen-bond donors (Lipinski definition) is 0. The SMILES string of the molecule is [2H]c1c(Br)nc(N2CCCC(C)C2)c([2H])c1[2H]. The summed E-state index contributed by atoms with van der Waals surface area (Å²) >= 11 is 3.18. The highest BCUT2D eigenvalue weighted by Gasteiger charge is 2.17. The molecule has 76 valence electrons. The number of aromatic nitrogens is 1. The fourth-order valence-corrected chi connectivity index (χ4v) is 2.09. The molecule has 1 aliphatic heterocycles. The van der Waals surface area contributed by atoms with Crippen molar-refractivity contribution >= 4 is 21.7 Å². The van der Waals surface area contributed by atoms with Crippen molar-refractivity contribution < 1.29 is 4.11 Å². The van der Waals surface area contributed by atoms with E-state index >= 15 is 0 Å². The van der Waals surface area contributed by atoms with Gasteiger partial charge in [-0.05, 0) is 46.8 Å². The van der Waals surface area contributed by atoms with E-state index in [1.807, 2.05) is 0 Å². The Bertz CT molecular complexity index is 439. The zero-order chi connectivity index (χ0) is 12.6. The van der Waals surface area contributed by atoms with Gasteiger partial charge in [0, 0.05) is 13.1 Å². The van der Waals surface area contributed by atoms with E-state index in [1.54, 1.807) is 0 Å². The lowest BCUT2D eigenvalue weighted by atomic mass is 10.0. The predicted octanol–water partition coefficient (Wildman–Crippen LogP) is 3.08. The van der Waals surface area contributed by atoms with Gasteiger partial charge in [-0.3, -0.25) is 0 Å². The summed E-state index contributed by atoms with van der Waals surface area (Å²) < 4.78 is 23.6. The summed E-state index contributed by atoms with van der Waals surface area (Å²) in [4.78, 5) is 6.29. The van der Waals surface area contributed by atoms with Crippen molar-refractivity contribution in [3.8, 4) is 0 Å². The van der Waals surface area contributed by atoms with Gasteiger partial charge in [0.1, 0.15) is 10.4 Å². The quantitative estimate of drug-likeness (QED) is 0.719. The monoisotopic (exact) mass is 257 g/mol. The van der Waals surface area contributed by atoms with E-state index in [-0.39, 0.29) is 18.1 Å². The topological polar surface area (TPSA) is 16.1 Å². The summed E-state index contributed by atoms with van der Waals surface area (Å²) in [6, 6.07) is -0.00351. The van der Waals surface area contributed by atoms with Crippen molar-refractivity contribution in [1.82, 2.24) is 4.98 Å². The summed E-state index contributed by atoms with van der Waals surface area (Å²) in [5.74, 6) is 1.12. The molecule has 2 rings (SSSR count). The smallest absolute Gasteiger partial charge is 0.129 e. The predicted molar refractivity (Wildman–Crippen MR) is 62.5 cm³/mol. The van der Waals surface area contributed by atoms with Gasteiger partial charge in [0.25, 0.3) is 0 Å². The van der Waals surface area contributed by atoms with Crippen LogP contribution in [0.2, 0.25) is 0 Å². The number of anilines is 1. The first-order valence-electron chi connectivity index (χ1n) is 6.39. The van der Waals surface area contributed by atoms with Crippen LogP contribution in [0.3, 0.4) is 0 Å². The molecular weight excluding hydrogens is 240 g/mol. The molecule has 1 aliphatic rings.